The topological polar surface area (TPSA) is 71.8 Å². The molecule has 2 aromatic carbocycles. The van der Waals surface area contributed by atoms with Gasteiger partial charge in [-0.15, -0.1) is 10.2 Å². The lowest BCUT2D eigenvalue weighted by atomic mass is 10.0. The van der Waals surface area contributed by atoms with E-state index in [0.29, 0.717) is 0 Å². The number of para-hydroxylation sites is 1. The van der Waals surface area contributed by atoms with Gasteiger partial charge in [0.05, 0.1) is 11.2 Å². The summed E-state index contributed by atoms with van der Waals surface area (Å²) in [6, 6.07) is 17.6. The molecule has 3 aromatic rings. The number of hydrogen-bond donors (Lipinski definition) is 2. The number of aryl methyl sites for hydroxylation is 1. The van der Waals surface area contributed by atoms with Gasteiger partial charge in [-0.3, -0.25) is 0 Å². The van der Waals surface area contributed by atoms with E-state index in [1.807, 2.05) is 68.4 Å². The number of anilines is 1. The molecule has 1 aromatic heterocycles. The normalized spacial score (nSPS) is 13.6. The summed E-state index contributed by atoms with van der Waals surface area (Å²) < 4.78 is 2.14. The van der Waals surface area contributed by atoms with Crippen LogP contribution < -0.4 is 10.6 Å². The summed E-state index contributed by atoms with van der Waals surface area (Å²) in [6.07, 6.45) is 3.20. The van der Waals surface area contributed by atoms with Crippen molar-refractivity contribution in [3.63, 3.8) is 0 Å². The Morgan fingerprint density at radius 2 is 1.75 bits per heavy atom. The Bertz CT molecular complexity index is 978. The van der Waals surface area contributed by atoms with Gasteiger partial charge >= 0.3 is 6.03 Å². The first-order valence-corrected chi connectivity index (χ1v) is 9.71. The molecule has 1 aliphatic rings. The molecule has 0 unspecified atom stereocenters. The fraction of sp³-hybridized carbons (Fsp3) is 0.318. The lowest BCUT2D eigenvalue weighted by Crippen LogP contribution is -2.45. The van der Waals surface area contributed by atoms with Gasteiger partial charge in [0.15, 0.2) is 5.82 Å². The molecule has 6 nitrogen and oxygen atoms in total. The van der Waals surface area contributed by atoms with E-state index in [4.69, 9.17) is 0 Å². The van der Waals surface area contributed by atoms with Gasteiger partial charge in [0.1, 0.15) is 5.82 Å². The van der Waals surface area contributed by atoms with E-state index in [1.165, 1.54) is 0 Å². The fourth-order valence-electron chi connectivity index (χ4n) is 3.73. The molecule has 0 saturated carbocycles. The molecule has 2 heterocycles. The molecule has 28 heavy (non-hydrogen) atoms. The summed E-state index contributed by atoms with van der Waals surface area (Å²) in [5.41, 5.74) is 2.18. The van der Waals surface area contributed by atoms with Crippen LogP contribution in [0.1, 0.15) is 38.3 Å². The number of carbonyl (C=O) groups is 1. The first-order chi connectivity index (χ1) is 13.5. The van der Waals surface area contributed by atoms with E-state index in [9.17, 15) is 4.79 Å². The third-order valence-electron chi connectivity index (χ3n) is 5.10. The third kappa shape index (κ3) is 3.63. The van der Waals surface area contributed by atoms with Crippen LogP contribution in [0.25, 0.3) is 11.1 Å². The number of amides is 2. The Balaban J connectivity index is 1.53. The molecule has 144 valence electrons. The predicted octanol–water partition coefficient (Wildman–Crippen LogP) is 4.34. The van der Waals surface area contributed by atoms with Crippen molar-refractivity contribution in [2.24, 2.45) is 0 Å². The maximum atomic E-state index is 12.8. The van der Waals surface area contributed by atoms with E-state index >= 15 is 0 Å². The number of rotatable bonds is 4. The van der Waals surface area contributed by atoms with Gasteiger partial charge in [0.25, 0.3) is 0 Å². The van der Waals surface area contributed by atoms with Crippen LogP contribution in [0.4, 0.5) is 10.5 Å². The Morgan fingerprint density at radius 1 is 1.00 bits per heavy atom. The minimum atomic E-state index is -0.631. The molecule has 0 radical (unpaired) electrons. The maximum Gasteiger partial charge on any atom is 0.320 e. The van der Waals surface area contributed by atoms with Crippen LogP contribution in [0.15, 0.2) is 54.6 Å². The number of carbonyl (C=O) groups excluding carboxylic acids is 1. The highest BCUT2D eigenvalue weighted by molar-refractivity contribution is 5.94. The SMILES string of the molecule is CC(C)(NC(=O)Nc1ccccc1-c1ccccc1)c1nnc2n1CCCC2. The van der Waals surface area contributed by atoms with Gasteiger partial charge in [-0.1, -0.05) is 48.5 Å². The van der Waals surface area contributed by atoms with Crippen molar-refractivity contribution in [2.75, 3.05) is 5.32 Å². The van der Waals surface area contributed by atoms with Crippen LogP contribution in [0, 0.1) is 0 Å². The zero-order valence-electron chi connectivity index (χ0n) is 16.3. The first-order valence-electron chi connectivity index (χ1n) is 9.71. The number of urea groups is 1. The van der Waals surface area contributed by atoms with Crippen molar-refractivity contribution >= 4 is 11.7 Å². The number of fused-ring (bicyclic) bond motifs is 1. The average Bonchev–Trinajstić information content (AvgIpc) is 3.14. The molecule has 0 aliphatic carbocycles. The van der Waals surface area contributed by atoms with E-state index in [0.717, 1.165) is 54.3 Å². The van der Waals surface area contributed by atoms with Crippen LogP contribution in [0.3, 0.4) is 0 Å². The molecule has 0 spiro atoms. The highest BCUT2D eigenvalue weighted by Crippen LogP contribution is 2.28. The van der Waals surface area contributed by atoms with Gasteiger partial charge in [0, 0.05) is 18.5 Å². The van der Waals surface area contributed by atoms with Crippen LogP contribution in [-0.4, -0.2) is 20.8 Å². The quantitative estimate of drug-likeness (QED) is 0.713. The van der Waals surface area contributed by atoms with E-state index in [2.05, 4.69) is 25.4 Å². The lowest BCUT2D eigenvalue weighted by Gasteiger charge is -2.27. The highest BCUT2D eigenvalue weighted by Gasteiger charge is 2.31. The number of nitrogens with one attached hydrogen (secondary N) is 2. The van der Waals surface area contributed by atoms with Crippen molar-refractivity contribution in [3.05, 3.63) is 66.2 Å². The summed E-state index contributed by atoms with van der Waals surface area (Å²) in [7, 11) is 0. The molecule has 0 fully saturated rings. The van der Waals surface area contributed by atoms with Crippen LogP contribution in [0.2, 0.25) is 0 Å². The molecular weight excluding hydrogens is 350 g/mol. The zero-order valence-corrected chi connectivity index (χ0v) is 16.3. The Morgan fingerprint density at radius 3 is 2.57 bits per heavy atom. The predicted molar refractivity (Wildman–Crippen MR) is 110 cm³/mol. The average molecular weight is 375 g/mol. The summed E-state index contributed by atoms with van der Waals surface area (Å²) in [5, 5.41) is 14.7. The van der Waals surface area contributed by atoms with E-state index in [-0.39, 0.29) is 6.03 Å². The molecule has 0 atom stereocenters. The van der Waals surface area contributed by atoms with Crippen LogP contribution >= 0.6 is 0 Å². The molecule has 0 saturated heterocycles. The van der Waals surface area contributed by atoms with Crippen LogP contribution in [0.5, 0.6) is 0 Å². The summed E-state index contributed by atoms with van der Waals surface area (Å²) in [5.74, 6) is 1.81. The van der Waals surface area contributed by atoms with Crippen LogP contribution in [-0.2, 0) is 18.5 Å². The molecule has 2 N–H and O–H groups in total. The fourth-order valence-corrected chi connectivity index (χ4v) is 3.73. The number of aromatic nitrogens is 3. The van der Waals surface area contributed by atoms with Crippen molar-refractivity contribution in [1.29, 1.82) is 0 Å². The Labute approximate surface area is 165 Å². The standard InChI is InChI=1S/C22H25N5O/c1-22(2,20-26-25-19-14-8-9-15-27(19)20)24-21(28)23-18-13-7-6-12-17(18)16-10-4-3-5-11-16/h3-7,10-13H,8-9,14-15H2,1-2H3,(H2,23,24,28). The molecule has 6 heteroatoms. The van der Waals surface area contributed by atoms with Gasteiger partial charge in [-0.25, -0.2) is 4.79 Å². The van der Waals surface area contributed by atoms with Gasteiger partial charge in [-0.05, 0) is 38.3 Å². The second kappa shape index (κ2) is 7.46. The van der Waals surface area contributed by atoms with Crippen molar-refractivity contribution in [2.45, 2.75) is 45.2 Å². The maximum absolute atomic E-state index is 12.8. The molecule has 4 rings (SSSR count). The van der Waals surface area contributed by atoms with Crippen molar-refractivity contribution in [1.82, 2.24) is 20.1 Å². The monoisotopic (exact) mass is 375 g/mol. The number of benzene rings is 2. The smallest absolute Gasteiger partial charge is 0.320 e. The number of nitrogens with zero attached hydrogens (tertiary/aromatic N) is 3. The summed E-state index contributed by atoms with van der Waals surface area (Å²) in [6.45, 7) is 4.82. The molecule has 1 aliphatic heterocycles. The Kier molecular flexibility index (Phi) is 4.86. The third-order valence-corrected chi connectivity index (χ3v) is 5.10. The second-order valence-electron chi connectivity index (χ2n) is 7.66. The summed E-state index contributed by atoms with van der Waals surface area (Å²) in [4.78, 5) is 12.8. The summed E-state index contributed by atoms with van der Waals surface area (Å²) >= 11 is 0. The molecular formula is C22H25N5O. The first kappa shape index (κ1) is 18.2. The number of hydrogen-bond acceptors (Lipinski definition) is 3. The highest BCUT2D eigenvalue weighted by atomic mass is 16.2. The second-order valence-corrected chi connectivity index (χ2v) is 7.66. The minimum Gasteiger partial charge on any atom is -0.326 e. The van der Waals surface area contributed by atoms with Crippen molar-refractivity contribution in [3.8, 4) is 11.1 Å². The van der Waals surface area contributed by atoms with E-state index in [1.54, 1.807) is 0 Å². The van der Waals surface area contributed by atoms with Gasteiger partial charge < -0.3 is 15.2 Å². The largest absolute Gasteiger partial charge is 0.326 e. The Hall–Kier alpha value is -3.15. The zero-order chi connectivity index (χ0) is 19.6. The molecule has 2 amide bonds. The minimum absolute atomic E-state index is 0.262. The lowest BCUT2D eigenvalue weighted by molar-refractivity contribution is 0.239. The van der Waals surface area contributed by atoms with Crippen molar-refractivity contribution < 1.29 is 4.79 Å². The van der Waals surface area contributed by atoms with Gasteiger partial charge in [0.2, 0.25) is 0 Å². The molecule has 0 bridgehead atoms. The van der Waals surface area contributed by atoms with E-state index < -0.39 is 5.54 Å². The van der Waals surface area contributed by atoms with Gasteiger partial charge in [-0.2, -0.15) is 0 Å².